The summed E-state index contributed by atoms with van der Waals surface area (Å²) in [6.45, 7) is 6.62. The molecule has 0 aliphatic carbocycles. The highest BCUT2D eigenvalue weighted by Gasteiger charge is 2.27. The third kappa shape index (κ3) is 3.42. The summed E-state index contributed by atoms with van der Waals surface area (Å²) < 4.78 is 0. The zero-order valence-electron chi connectivity index (χ0n) is 10.9. The zero-order valence-corrected chi connectivity index (χ0v) is 10.9. The molecule has 98 valence electrons. The van der Waals surface area contributed by atoms with E-state index in [-0.39, 0.29) is 6.04 Å². The van der Waals surface area contributed by atoms with E-state index in [9.17, 15) is 4.79 Å². The summed E-state index contributed by atoms with van der Waals surface area (Å²) in [7, 11) is 0. The van der Waals surface area contributed by atoms with Crippen molar-refractivity contribution in [3.63, 3.8) is 0 Å². The van der Waals surface area contributed by atoms with Crippen molar-refractivity contribution in [2.24, 2.45) is 11.7 Å². The molecule has 0 aromatic heterocycles. The quantitative estimate of drug-likeness (QED) is 0.787. The SMILES string of the molecule is CC(N)C1CCN(CC(=O)N2CCCCC2)C1. The smallest absolute Gasteiger partial charge is 0.236 e. The van der Waals surface area contributed by atoms with Gasteiger partial charge in [-0.1, -0.05) is 0 Å². The first-order chi connectivity index (χ1) is 8.16. The topological polar surface area (TPSA) is 49.6 Å². The van der Waals surface area contributed by atoms with E-state index >= 15 is 0 Å². The largest absolute Gasteiger partial charge is 0.342 e. The van der Waals surface area contributed by atoms with Gasteiger partial charge < -0.3 is 10.6 Å². The van der Waals surface area contributed by atoms with Crippen LogP contribution < -0.4 is 5.73 Å². The molecule has 2 saturated heterocycles. The lowest BCUT2D eigenvalue weighted by Crippen LogP contribution is -2.42. The Kier molecular flexibility index (Phi) is 4.40. The van der Waals surface area contributed by atoms with Crippen LogP contribution in [0.25, 0.3) is 0 Å². The maximum Gasteiger partial charge on any atom is 0.236 e. The third-order valence-corrected chi connectivity index (χ3v) is 4.12. The first-order valence-corrected chi connectivity index (χ1v) is 6.92. The van der Waals surface area contributed by atoms with Gasteiger partial charge in [-0.2, -0.15) is 0 Å². The van der Waals surface area contributed by atoms with E-state index in [0.717, 1.165) is 32.6 Å². The Morgan fingerprint density at radius 3 is 2.59 bits per heavy atom. The standard InChI is InChI=1S/C13H25N3O/c1-11(14)12-5-8-15(9-12)10-13(17)16-6-3-2-4-7-16/h11-12H,2-10,14H2,1H3. The van der Waals surface area contributed by atoms with Gasteiger partial charge in [-0.15, -0.1) is 0 Å². The predicted octanol–water partition coefficient (Wildman–Crippen LogP) is 0.668. The van der Waals surface area contributed by atoms with Crippen LogP contribution in [0, 0.1) is 5.92 Å². The molecule has 0 spiro atoms. The van der Waals surface area contributed by atoms with Crippen LogP contribution >= 0.6 is 0 Å². The lowest BCUT2D eigenvalue weighted by atomic mass is 10.0. The molecule has 2 fully saturated rings. The fourth-order valence-electron chi connectivity index (χ4n) is 2.87. The van der Waals surface area contributed by atoms with E-state index in [2.05, 4.69) is 11.8 Å². The van der Waals surface area contributed by atoms with Gasteiger partial charge in [0.1, 0.15) is 0 Å². The molecule has 17 heavy (non-hydrogen) atoms. The Labute approximate surface area is 104 Å². The number of piperidine rings is 1. The van der Waals surface area contributed by atoms with Crippen molar-refractivity contribution in [3.8, 4) is 0 Å². The number of hydrogen-bond donors (Lipinski definition) is 1. The molecule has 2 N–H and O–H groups in total. The van der Waals surface area contributed by atoms with E-state index < -0.39 is 0 Å². The maximum atomic E-state index is 12.1. The van der Waals surface area contributed by atoms with Crippen molar-refractivity contribution in [1.29, 1.82) is 0 Å². The van der Waals surface area contributed by atoms with Crippen LogP contribution in [0.15, 0.2) is 0 Å². The molecule has 2 aliphatic rings. The molecule has 0 radical (unpaired) electrons. The number of carbonyl (C=O) groups excluding carboxylic acids is 1. The van der Waals surface area contributed by atoms with Crippen molar-refractivity contribution >= 4 is 5.91 Å². The molecular formula is C13H25N3O. The van der Waals surface area contributed by atoms with E-state index in [1.54, 1.807) is 0 Å². The average Bonchev–Trinajstić information content (AvgIpc) is 2.79. The highest BCUT2D eigenvalue weighted by molar-refractivity contribution is 5.78. The van der Waals surface area contributed by atoms with Gasteiger partial charge in [0.25, 0.3) is 0 Å². The van der Waals surface area contributed by atoms with Crippen molar-refractivity contribution in [3.05, 3.63) is 0 Å². The molecule has 2 aliphatic heterocycles. The van der Waals surface area contributed by atoms with E-state index in [0.29, 0.717) is 18.4 Å². The molecule has 0 aromatic rings. The van der Waals surface area contributed by atoms with Gasteiger partial charge in [0.15, 0.2) is 0 Å². The minimum atomic E-state index is 0.255. The van der Waals surface area contributed by atoms with Gasteiger partial charge in [0, 0.05) is 25.7 Å². The van der Waals surface area contributed by atoms with Gasteiger partial charge in [0.05, 0.1) is 6.54 Å². The number of carbonyl (C=O) groups is 1. The second-order valence-corrected chi connectivity index (χ2v) is 5.58. The molecule has 0 saturated carbocycles. The highest BCUT2D eigenvalue weighted by atomic mass is 16.2. The average molecular weight is 239 g/mol. The maximum absolute atomic E-state index is 12.1. The number of amides is 1. The Hall–Kier alpha value is -0.610. The van der Waals surface area contributed by atoms with Crippen LogP contribution in [0.5, 0.6) is 0 Å². The molecule has 4 nitrogen and oxygen atoms in total. The summed E-state index contributed by atoms with van der Waals surface area (Å²) in [5.74, 6) is 0.888. The molecule has 1 amide bonds. The lowest BCUT2D eigenvalue weighted by Gasteiger charge is -2.28. The summed E-state index contributed by atoms with van der Waals surface area (Å²) in [6.07, 6.45) is 4.77. The fraction of sp³-hybridized carbons (Fsp3) is 0.923. The summed E-state index contributed by atoms with van der Waals surface area (Å²) in [5.41, 5.74) is 5.91. The molecule has 0 aromatic carbocycles. The minimum absolute atomic E-state index is 0.255. The number of nitrogens with zero attached hydrogens (tertiary/aromatic N) is 2. The molecule has 2 unspecified atom stereocenters. The van der Waals surface area contributed by atoms with Crippen LogP contribution in [0.1, 0.15) is 32.6 Å². The van der Waals surface area contributed by atoms with Crippen molar-refractivity contribution < 1.29 is 4.79 Å². The predicted molar refractivity (Wildman–Crippen MR) is 68.6 cm³/mol. The molecule has 2 heterocycles. The van der Waals surface area contributed by atoms with Crippen LogP contribution in [-0.4, -0.2) is 54.5 Å². The molecule has 0 bridgehead atoms. The summed E-state index contributed by atoms with van der Waals surface area (Å²) in [6, 6.07) is 0.255. The summed E-state index contributed by atoms with van der Waals surface area (Å²) in [5, 5.41) is 0. The van der Waals surface area contributed by atoms with Gasteiger partial charge >= 0.3 is 0 Å². The van der Waals surface area contributed by atoms with Gasteiger partial charge in [-0.05, 0) is 45.1 Å². The summed E-state index contributed by atoms with van der Waals surface area (Å²) >= 11 is 0. The van der Waals surface area contributed by atoms with Crippen LogP contribution in [0.3, 0.4) is 0 Å². The Morgan fingerprint density at radius 1 is 1.29 bits per heavy atom. The monoisotopic (exact) mass is 239 g/mol. The van der Waals surface area contributed by atoms with Crippen molar-refractivity contribution in [2.75, 3.05) is 32.7 Å². The van der Waals surface area contributed by atoms with Gasteiger partial charge in [-0.25, -0.2) is 0 Å². The number of likely N-dealkylation sites (tertiary alicyclic amines) is 2. The van der Waals surface area contributed by atoms with Gasteiger partial charge in [-0.3, -0.25) is 9.69 Å². The van der Waals surface area contributed by atoms with Crippen LogP contribution in [0.4, 0.5) is 0 Å². The second-order valence-electron chi connectivity index (χ2n) is 5.58. The zero-order chi connectivity index (χ0) is 12.3. The fourth-order valence-corrected chi connectivity index (χ4v) is 2.87. The highest BCUT2D eigenvalue weighted by Crippen LogP contribution is 2.19. The first-order valence-electron chi connectivity index (χ1n) is 6.92. The van der Waals surface area contributed by atoms with E-state index in [1.165, 1.54) is 19.3 Å². The number of nitrogens with two attached hydrogens (primary N) is 1. The molecular weight excluding hydrogens is 214 g/mol. The van der Waals surface area contributed by atoms with Crippen molar-refractivity contribution in [2.45, 2.75) is 38.6 Å². The normalized spacial score (nSPS) is 28.4. The minimum Gasteiger partial charge on any atom is -0.342 e. The molecule has 2 rings (SSSR count). The Morgan fingerprint density at radius 2 is 2.00 bits per heavy atom. The Bertz CT molecular complexity index is 261. The van der Waals surface area contributed by atoms with Crippen LogP contribution in [0.2, 0.25) is 0 Å². The second kappa shape index (κ2) is 5.83. The molecule has 2 atom stereocenters. The van der Waals surface area contributed by atoms with Crippen LogP contribution in [-0.2, 0) is 4.79 Å². The van der Waals surface area contributed by atoms with Crippen molar-refractivity contribution in [1.82, 2.24) is 9.80 Å². The first kappa shape index (κ1) is 12.8. The lowest BCUT2D eigenvalue weighted by molar-refractivity contribution is -0.133. The van der Waals surface area contributed by atoms with E-state index in [1.807, 2.05) is 4.90 Å². The third-order valence-electron chi connectivity index (χ3n) is 4.12. The Balaban J connectivity index is 1.75. The van der Waals surface area contributed by atoms with Gasteiger partial charge in [0.2, 0.25) is 5.91 Å². The summed E-state index contributed by atoms with van der Waals surface area (Å²) in [4.78, 5) is 16.4. The number of rotatable bonds is 3. The number of hydrogen-bond acceptors (Lipinski definition) is 3. The van der Waals surface area contributed by atoms with E-state index in [4.69, 9.17) is 5.73 Å². The molecule has 4 heteroatoms.